The molecule has 0 aromatic heterocycles. The maximum absolute atomic E-state index is 5.71. The first-order valence-corrected chi connectivity index (χ1v) is 5.81. The summed E-state index contributed by atoms with van der Waals surface area (Å²) in [5.74, 6) is 0.906. The topological polar surface area (TPSA) is 9.23 Å². The Balaban J connectivity index is 2.55. The normalized spacial score (nSPS) is 10.9. The fourth-order valence-corrected chi connectivity index (χ4v) is 2.15. The summed E-state index contributed by atoms with van der Waals surface area (Å²) in [6, 6.07) is 12.3. The summed E-state index contributed by atoms with van der Waals surface area (Å²) in [6.07, 6.45) is 0.197. The quantitative estimate of drug-likeness (QED) is 0.782. The first-order chi connectivity index (χ1) is 7.18. The highest BCUT2D eigenvalue weighted by Crippen LogP contribution is 2.33. The summed E-state index contributed by atoms with van der Waals surface area (Å²) >= 11 is 3.59. The van der Waals surface area contributed by atoms with Crippen LogP contribution in [0.4, 0.5) is 0 Å². The van der Waals surface area contributed by atoms with E-state index in [1.807, 2.05) is 32.0 Å². The van der Waals surface area contributed by atoms with E-state index >= 15 is 0 Å². The molecule has 0 fully saturated rings. The van der Waals surface area contributed by atoms with Crippen LogP contribution in [-0.4, -0.2) is 6.10 Å². The standard InChI is InChI=1S/C13H13BrO/c1-9(2)15-12-8-7-10-5-3-4-6-11(10)13(12)14/h3-9H,1-2H3. The van der Waals surface area contributed by atoms with Crippen molar-refractivity contribution in [2.45, 2.75) is 20.0 Å². The van der Waals surface area contributed by atoms with Crippen molar-refractivity contribution in [3.05, 3.63) is 40.9 Å². The Morgan fingerprint density at radius 2 is 1.80 bits per heavy atom. The Kier molecular flexibility index (Phi) is 2.96. The molecule has 2 heteroatoms. The van der Waals surface area contributed by atoms with E-state index < -0.39 is 0 Å². The van der Waals surface area contributed by atoms with Gasteiger partial charge in [-0.15, -0.1) is 0 Å². The average molecular weight is 265 g/mol. The van der Waals surface area contributed by atoms with Gasteiger partial charge in [0.2, 0.25) is 0 Å². The first-order valence-electron chi connectivity index (χ1n) is 5.02. The fraction of sp³-hybridized carbons (Fsp3) is 0.231. The molecule has 15 heavy (non-hydrogen) atoms. The molecule has 0 unspecified atom stereocenters. The van der Waals surface area contributed by atoms with Gasteiger partial charge in [0.1, 0.15) is 5.75 Å². The maximum Gasteiger partial charge on any atom is 0.134 e. The van der Waals surface area contributed by atoms with Crippen LogP contribution in [-0.2, 0) is 0 Å². The molecule has 0 aliphatic carbocycles. The van der Waals surface area contributed by atoms with Crippen LogP contribution in [0.3, 0.4) is 0 Å². The molecule has 2 aromatic carbocycles. The first kappa shape index (κ1) is 10.5. The molecule has 0 amide bonds. The van der Waals surface area contributed by atoms with Gasteiger partial charge in [-0.2, -0.15) is 0 Å². The smallest absolute Gasteiger partial charge is 0.134 e. The lowest BCUT2D eigenvalue weighted by Crippen LogP contribution is -2.05. The molecule has 0 atom stereocenters. The minimum Gasteiger partial charge on any atom is -0.490 e. The van der Waals surface area contributed by atoms with Crippen LogP contribution < -0.4 is 4.74 Å². The largest absolute Gasteiger partial charge is 0.490 e. The molecule has 0 aliphatic heterocycles. The van der Waals surface area contributed by atoms with E-state index in [4.69, 9.17) is 4.74 Å². The number of hydrogen-bond donors (Lipinski definition) is 0. The molecule has 0 saturated heterocycles. The molecule has 2 rings (SSSR count). The minimum absolute atomic E-state index is 0.197. The predicted octanol–water partition coefficient (Wildman–Crippen LogP) is 4.39. The summed E-state index contributed by atoms with van der Waals surface area (Å²) in [4.78, 5) is 0. The third-order valence-corrected chi connectivity index (χ3v) is 3.01. The second-order valence-electron chi connectivity index (χ2n) is 3.77. The molecule has 0 heterocycles. The van der Waals surface area contributed by atoms with Crippen molar-refractivity contribution < 1.29 is 4.74 Å². The van der Waals surface area contributed by atoms with Gasteiger partial charge in [-0.25, -0.2) is 0 Å². The molecular formula is C13H13BrO. The van der Waals surface area contributed by atoms with Crippen LogP contribution in [0.25, 0.3) is 10.8 Å². The van der Waals surface area contributed by atoms with Gasteiger partial charge in [0, 0.05) is 0 Å². The van der Waals surface area contributed by atoms with Crippen LogP contribution in [0.5, 0.6) is 5.75 Å². The van der Waals surface area contributed by atoms with Crippen molar-refractivity contribution >= 4 is 26.7 Å². The number of hydrogen-bond acceptors (Lipinski definition) is 1. The van der Waals surface area contributed by atoms with E-state index in [-0.39, 0.29) is 6.10 Å². The van der Waals surface area contributed by atoms with Crippen LogP contribution >= 0.6 is 15.9 Å². The van der Waals surface area contributed by atoms with Crippen LogP contribution in [0, 0.1) is 0 Å². The molecule has 0 bridgehead atoms. The summed E-state index contributed by atoms with van der Waals surface area (Å²) in [6.45, 7) is 4.06. The van der Waals surface area contributed by atoms with E-state index in [0.29, 0.717) is 0 Å². The number of benzene rings is 2. The summed E-state index contributed by atoms with van der Waals surface area (Å²) < 4.78 is 6.74. The molecule has 0 spiro atoms. The van der Waals surface area contributed by atoms with Crippen LogP contribution in [0.2, 0.25) is 0 Å². The van der Waals surface area contributed by atoms with Crippen molar-refractivity contribution in [2.75, 3.05) is 0 Å². The Labute approximate surface area is 98.2 Å². The van der Waals surface area contributed by atoms with E-state index in [2.05, 4.69) is 34.1 Å². The molecule has 2 aromatic rings. The van der Waals surface area contributed by atoms with Crippen LogP contribution in [0.15, 0.2) is 40.9 Å². The average Bonchev–Trinajstić information content (AvgIpc) is 2.22. The van der Waals surface area contributed by atoms with Crippen molar-refractivity contribution in [3.8, 4) is 5.75 Å². The monoisotopic (exact) mass is 264 g/mol. The Morgan fingerprint density at radius 3 is 2.53 bits per heavy atom. The van der Waals surface area contributed by atoms with Gasteiger partial charge < -0.3 is 4.74 Å². The Bertz CT molecular complexity index is 477. The van der Waals surface area contributed by atoms with Crippen molar-refractivity contribution in [3.63, 3.8) is 0 Å². The number of fused-ring (bicyclic) bond motifs is 1. The predicted molar refractivity (Wildman–Crippen MR) is 67.4 cm³/mol. The third-order valence-electron chi connectivity index (χ3n) is 2.19. The Morgan fingerprint density at radius 1 is 1.07 bits per heavy atom. The summed E-state index contributed by atoms with van der Waals surface area (Å²) in [5, 5.41) is 2.41. The number of halogens is 1. The summed E-state index contributed by atoms with van der Waals surface area (Å²) in [5.41, 5.74) is 0. The van der Waals surface area contributed by atoms with Gasteiger partial charge >= 0.3 is 0 Å². The van der Waals surface area contributed by atoms with E-state index in [1.54, 1.807) is 0 Å². The molecular weight excluding hydrogens is 252 g/mol. The van der Waals surface area contributed by atoms with Gasteiger partial charge in [0.25, 0.3) is 0 Å². The number of ether oxygens (including phenoxy) is 1. The highest BCUT2D eigenvalue weighted by atomic mass is 79.9. The Hall–Kier alpha value is -1.02. The second-order valence-corrected chi connectivity index (χ2v) is 4.56. The molecule has 0 radical (unpaired) electrons. The van der Waals surface area contributed by atoms with Gasteiger partial charge in [0.05, 0.1) is 10.6 Å². The highest BCUT2D eigenvalue weighted by Gasteiger charge is 2.06. The minimum atomic E-state index is 0.197. The van der Waals surface area contributed by atoms with Gasteiger partial charge in [-0.05, 0) is 46.6 Å². The van der Waals surface area contributed by atoms with Crippen LogP contribution in [0.1, 0.15) is 13.8 Å². The van der Waals surface area contributed by atoms with E-state index in [1.165, 1.54) is 10.8 Å². The van der Waals surface area contributed by atoms with Gasteiger partial charge in [-0.3, -0.25) is 0 Å². The van der Waals surface area contributed by atoms with Crippen molar-refractivity contribution in [1.29, 1.82) is 0 Å². The lowest BCUT2D eigenvalue weighted by atomic mass is 10.1. The summed E-state index contributed by atoms with van der Waals surface area (Å²) in [7, 11) is 0. The van der Waals surface area contributed by atoms with E-state index in [9.17, 15) is 0 Å². The zero-order valence-electron chi connectivity index (χ0n) is 8.83. The zero-order valence-corrected chi connectivity index (χ0v) is 10.4. The molecule has 0 aliphatic rings. The van der Waals surface area contributed by atoms with Crippen molar-refractivity contribution in [1.82, 2.24) is 0 Å². The zero-order chi connectivity index (χ0) is 10.8. The molecule has 0 N–H and O–H groups in total. The number of rotatable bonds is 2. The second kappa shape index (κ2) is 4.23. The highest BCUT2D eigenvalue weighted by molar-refractivity contribution is 9.10. The lowest BCUT2D eigenvalue weighted by Gasteiger charge is -2.12. The molecule has 0 saturated carbocycles. The molecule has 1 nitrogen and oxygen atoms in total. The van der Waals surface area contributed by atoms with Gasteiger partial charge in [-0.1, -0.05) is 30.3 Å². The lowest BCUT2D eigenvalue weighted by molar-refractivity contribution is 0.241. The third kappa shape index (κ3) is 2.15. The maximum atomic E-state index is 5.71. The van der Waals surface area contributed by atoms with Gasteiger partial charge in [0.15, 0.2) is 0 Å². The van der Waals surface area contributed by atoms with E-state index in [0.717, 1.165) is 10.2 Å². The molecule has 78 valence electrons. The van der Waals surface area contributed by atoms with Crippen molar-refractivity contribution in [2.24, 2.45) is 0 Å². The fourth-order valence-electron chi connectivity index (χ4n) is 1.56. The SMILES string of the molecule is CC(C)Oc1ccc2ccccc2c1Br.